The van der Waals surface area contributed by atoms with Crippen LogP contribution in [0.25, 0.3) is 0 Å². The predicted molar refractivity (Wildman–Crippen MR) is 23.4 cm³/mol. The normalized spacial score (nSPS) is 6.57. The van der Waals surface area contributed by atoms with Crippen LogP contribution >= 0.6 is 9.64 Å². The van der Waals surface area contributed by atoms with Gasteiger partial charge in [0.2, 0.25) is 0 Å². The molecule has 41 valence electrons. The monoisotopic (exact) mass is 294 g/mol. The summed E-state index contributed by atoms with van der Waals surface area (Å²) in [6.45, 7) is 0. The molecule has 7 heavy (non-hydrogen) atoms. The van der Waals surface area contributed by atoms with Gasteiger partial charge in [0.05, 0.1) is 0 Å². The third-order valence-corrected chi connectivity index (χ3v) is 0.372. The first-order valence-electron chi connectivity index (χ1n) is 1.50. The van der Waals surface area contributed by atoms with E-state index in [1.165, 1.54) is 23.9 Å². The summed E-state index contributed by atoms with van der Waals surface area (Å²) in [5.41, 5.74) is 0. The molecule has 0 atom stereocenters. The zero-order valence-corrected chi connectivity index (χ0v) is 6.65. The first-order chi connectivity index (χ1) is 3.50. The van der Waals surface area contributed by atoms with Crippen molar-refractivity contribution in [1.29, 1.82) is 0 Å². The molecule has 0 amide bonds. The maximum absolute atomic E-state index is 4.67. The van der Waals surface area contributed by atoms with E-state index in [-0.39, 0.29) is 0 Å². The molecule has 1 aromatic heterocycles. The van der Waals surface area contributed by atoms with Crippen molar-refractivity contribution in [2.45, 2.75) is 0 Å². The van der Waals surface area contributed by atoms with Gasteiger partial charge in [0, 0.05) is 0 Å². The fourth-order valence-corrected chi connectivity index (χ4v) is 0.192. The summed E-state index contributed by atoms with van der Waals surface area (Å²) in [7, 11) is 4.67. The molecule has 0 saturated carbocycles. The molecular formula is C3H3ClN2Os-. The third-order valence-electron chi connectivity index (χ3n) is 0.372. The molecule has 4 heteroatoms. The second-order valence-corrected chi connectivity index (χ2v) is 0.712. The number of rotatable bonds is 0. The molecule has 0 spiro atoms. The summed E-state index contributed by atoms with van der Waals surface area (Å²) in [6.07, 6.45) is 4.78. The van der Waals surface area contributed by atoms with Gasteiger partial charge < -0.3 is 9.97 Å². The van der Waals surface area contributed by atoms with Crippen molar-refractivity contribution in [3.8, 4) is 0 Å². The molecule has 0 aliphatic heterocycles. The van der Waals surface area contributed by atoms with Crippen molar-refractivity contribution in [1.82, 2.24) is 9.97 Å². The van der Waals surface area contributed by atoms with Gasteiger partial charge in [-0.1, -0.05) is 18.7 Å². The molecule has 0 unspecified atom stereocenters. The summed E-state index contributed by atoms with van der Waals surface area (Å²) in [6, 6.07) is 0. The molecule has 0 N–H and O–H groups in total. The maximum atomic E-state index is 4.67. The van der Waals surface area contributed by atoms with E-state index in [0.29, 0.717) is 0 Å². The topological polar surface area (TPSA) is 27.0 Å². The Bertz CT molecular complexity index is 69.4. The van der Waals surface area contributed by atoms with Gasteiger partial charge >= 0.3 is 27.2 Å². The fourth-order valence-electron chi connectivity index (χ4n) is 0.192. The van der Waals surface area contributed by atoms with Gasteiger partial charge in [-0.2, -0.15) is 0 Å². The van der Waals surface area contributed by atoms with Crippen molar-refractivity contribution in [2.24, 2.45) is 0 Å². The Balaban J connectivity index is 0.000000162. The molecule has 2 nitrogen and oxygen atoms in total. The summed E-state index contributed by atoms with van der Waals surface area (Å²) in [4.78, 5) is 7.22. The van der Waals surface area contributed by atoms with Crippen LogP contribution in [0.5, 0.6) is 0 Å². The van der Waals surface area contributed by atoms with Crippen LogP contribution in [0.1, 0.15) is 0 Å². The molecule has 0 aromatic carbocycles. The van der Waals surface area contributed by atoms with Crippen LogP contribution < -0.4 is 4.98 Å². The summed E-state index contributed by atoms with van der Waals surface area (Å²) in [5.74, 6) is 0. The molecule has 1 heterocycles. The molecule has 0 radical (unpaired) electrons. The number of halogens is 1. The van der Waals surface area contributed by atoms with E-state index in [4.69, 9.17) is 0 Å². The van der Waals surface area contributed by atoms with Crippen LogP contribution in [-0.2, 0) is 17.6 Å². The van der Waals surface area contributed by atoms with Crippen molar-refractivity contribution >= 4 is 9.64 Å². The molecule has 0 aliphatic carbocycles. The number of hydrogen-bond acceptors (Lipinski definition) is 1. The summed E-state index contributed by atoms with van der Waals surface area (Å²) >= 11 is 1.33. The smallest absolute Gasteiger partial charge is 0.0843 e. The average Bonchev–Trinajstić information content (AvgIpc) is 2.23. The Morgan fingerprint density at radius 2 is 2.29 bits per heavy atom. The summed E-state index contributed by atoms with van der Waals surface area (Å²) < 4.78 is 0. The second kappa shape index (κ2) is 6.14. The molecule has 0 aliphatic rings. The van der Waals surface area contributed by atoms with E-state index < -0.39 is 0 Å². The van der Waals surface area contributed by atoms with Crippen LogP contribution in [0.2, 0.25) is 0 Å². The van der Waals surface area contributed by atoms with Gasteiger partial charge in [0.15, 0.2) is 0 Å². The van der Waals surface area contributed by atoms with Crippen LogP contribution in [0, 0.1) is 0 Å². The number of aromatic nitrogens is 2. The van der Waals surface area contributed by atoms with Crippen LogP contribution in [0.3, 0.4) is 0 Å². The quantitative estimate of drug-likeness (QED) is 0.705. The van der Waals surface area contributed by atoms with Crippen molar-refractivity contribution in [3.63, 3.8) is 0 Å². The van der Waals surface area contributed by atoms with E-state index in [0.717, 1.165) is 0 Å². The van der Waals surface area contributed by atoms with Gasteiger partial charge in [-0.05, 0) is 0 Å². The first-order valence-corrected chi connectivity index (χ1v) is 4.65. The van der Waals surface area contributed by atoms with Gasteiger partial charge in [-0.25, -0.2) is 0 Å². The van der Waals surface area contributed by atoms with Crippen LogP contribution in [-0.4, -0.2) is 4.98 Å². The third kappa shape index (κ3) is 3.98. The Morgan fingerprint density at radius 1 is 1.57 bits per heavy atom. The number of nitrogens with zero attached hydrogens (tertiary/aromatic N) is 2. The standard InChI is InChI=1S/C3H3N2.ClH.Os/c1-2-5-3-4-1;;/h1-3H;1H;/q-1;;+1/p-1. The Kier molecular flexibility index (Phi) is 6.26. The molecule has 0 bridgehead atoms. The number of imidazole rings is 1. The largest absolute Gasteiger partial charge is 0.450 e. The van der Waals surface area contributed by atoms with Crippen LogP contribution in [0.4, 0.5) is 0 Å². The van der Waals surface area contributed by atoms with E-state index >= 15 is 0 Å². The second-order valence-electron chi connectivity index (χ2n) is 0.712. The zero-order chi connectivity index (χ0) is 5.54. The van der Waals surface area contributed by atoms with E-state index in [2.05, 4.69) is 19.6 Å². The number of hydrogen-bond donors (Lipinski definition) is 0. The van der Waals surface area contributed by atoms with Crippen molar-refractivity contribution < 1.29 is 17.6 Å². The predicted octanol–water partition coefficient (Wildman–Crippen LogP) is 0.726. The molecule has 0 saturated heterocycles. The minimum atomic E-state index is 1.33. The molecule has 1 rings (SSSR count). The Hall–Kier alpha value is 0.136. The van der Waals surface area contributed by atoms with Gasteiger partial charge in [-0.15, -0.1) is 0 Å². The SMILES string of the molecule is [Cl][Os].c1c[n-]cn1. The van der Waals surface area contributed by atoms with E-state index in [1.54, 1.807) is 12.4 Å². The van der Waals surface area contributed by atoms with Gasteiger partial charge in [-0.3, -0.25) is 0 Å². The first kappa shape index (κ1) is 7.14. The van der Waals surface area contributed by atoms with Gasteiger partial charge in [0.25, 0.3) is 0 Å². The molecule has 1 aromatic rings. The van der Waals surface area contributed by atoms with E-state index in [9.17, 15) is 0 Å². The average molecular weight is 293 g/mol. The minimum absolute atomic E-state index is 1.33. The minimum Gasteiger partial charge on any atom is -0.450 e. The maximum Gasteiger partial charge on any atom is -0.0843 e. The summed E-state index contributed by atoms with van der Waals surface area (Å²) in [5, 5.41) is 0. The van der Waals surface area contributed by atoms with E-state index in [1.807, 2.05) is 0 Å². The van der Waals surface area contributed by atoms with Crippen molar-refractivity contribution in [3.05, 3.63) is 18.7 Å². The Morgan fingerprint density at radius 3 is 2.43 bits per heavy atom. The fraction of sp³-hybridized carbons (Fsp3) is 0. The molecular weight excluding hydrogens is 290 g/mol. The van der Waals surface area contributed by atoms with Crippen LogP contribution in [0.15, 0.2) is 18.7 Å². The molecule has 0 fully saturated rings. The Labute approximate surface area is 56.2 Å². The van der Waals surface area contributed by atoms with Gasteiger partial charge in [0.1, 0.15) is 0 Å². The van der Waals surface area contributed by atoms with Crippen molar-refractivity contribution in [2.75, 3.05) is 0 Å². The zero-order valence-electron chi connectivity index (χ0n) is 3.36.